The van der Waals surface area contributed by atoms with Gasteiger partial charge >= 0.3 is 0 Å². The fourth-order valence-electron chi connectivity index (χ4n) is 4.19. The van der Waals surface area contributed by atoms with Gasteiger partial charge in [0.2, 0.25) is 0 Å². The van der Waals surface area contributed by atoms with Crippen LogP contribution in [0.4, 0.5) is 10.1 Å². The predicted molar refractivity (Wildman–Crippen MR) is 142 cm³/mol. The second-order valence-electron chi connectivity index (χ2n) is 10.9. The van der Waals surface area contributed by atoms with E-state index in [4.69, 9.17) is 14.1 Å². The maximum atomic E-state index is 13.7. The Labute approximate surface area is 204 Å². The van der Waals surface area contributed by atoms with E-state index in [9.17, 15) is 4.39 Å². The predicted octanol–water partition coefficient (Wildman–Crippen LogP) is 7.02. The number of rotatable bonds is 7. The van der Waals surface area contributed by atoms with E-state index < -0.39 is 21.1 Å². The minimum absolute atomic E-state index is 0.0285. The van der Waals surface area contributed by atoms with E-state index in [2.05, 4.69) is 76.1 Å². The number of hydrogen-bond donors (Lipinski definition) is 0. The first-order chi connectivity index (χ1) is 16.1. The maximum Gasteiger partial charge on any atom is 0.192 e. The summed E-state index contributed by atoms with van der Waals surface area (Å²) in [5, 5.41) is 1.03. The Morgan fingerprint density at radius 1 is 1.09 bits per heavy atom. The second-order valence-corrected chi connectivity index (χ2v) is 15.6. The zero-order chi connectivity index (χ0) is 24.5. The molecule has 0 radical (unpaired) electrons. The first kappa shape index (κ1) is 24.7. The number of nitrogens with zero attached hydrogens (tertiary/aromatic N) is 2. The molecule has 0 aliphatic carbocycles. The molecule has 0 N–H and O–H groups in total. The van der Waals surface area contributed by atoms with Crippen LogP contribution >= 0.6 is 0 Å². The van der Waals surface area contributed by atoms with Crippen molar-refractivity contribution in [2.45, 2.75) is 57.8 Å². The van der Waals surface area contributed by atoms with Gasteiger partial charge in [-0.25, -0.2) is 9.37 Å². The number of hydrogen-bond acceptors (Lipinski definition) is 4. The quantitative estimate of drug-likeness (QED) is 0.340. The van der Waals surface area contributed by atoms with Gasteiger partial charge in [0.05, 0.1) is 11.2 Å². The van der Waals surface area contributed by atoms with Gasteiger partial charge in [-0.05, 0) is 72.9 Å². The minimum atomic E-state index is -2.06. The van der Waals surface area contributed by atoms with Crippen molar-refractivity contribution in [2.75, 3.05) is 31.8 Å². The van der Waals surface area contributed by atoms with Gasteiger partial charge in [-0.2, -0.15) is 0 Å². The average Bonchev–Trinajstić information content (AvgIpc) is 2.80. The van der Waals surface area contributed by atoms with Gasteiger partial charge in [0.15, 0.2) is 8.32 Å². The fourth-order valence-corrected chi connectivity index (χ4v) is 5.51. The van der Waals surface area contributed by atoms with Crippen molar-refractivity contribution >= 4 is 24.9 Å². The van der Waals surface area contributed by atoms with Crippen molar-refractivity contribution < 1.29 is 13.6 Å². The molecule has 4 nitrogen and oxygen atoms in total. The molecule has 0 saturated carbocycles. The summed E-state index contributed by atoms with van der Waals surface area (Å²) in [5.74, 6) is 0.705. The molecule has 1 aliphatic rings. The number of halogens is 1. The number of benzene rings is 2. The normalized spacial score (nSPS) is 15.3. The van der Waals surface area contributed by atoms with Crippen LogP contribution in [0.2, 0.25) is 18.1 Å². The van der Waals surface area contributed by atoms with Crippen LogP contribution in [0.5, 0.6) is 5.75 Å². The third kappa shape index (κ3) is 5.28. The standard InChI is InChI=1S/C28H37FN2O2Si/c1-28(2,3)34(5,6)33-24(18-29)19-32-23-11-13-26-21(17-23)9-12-25(30-26)20-10-14-27-22(16-20)8-7-15-31(27)4/h9-14,16-17,24H,7-8,15,18-19H2,1-6H3. The number of anilines is 1. The summed E-state index contributed by atoms with van der Waals surface area (Å²) in [6.45, 7) is 11.5. The van der Waals surface area contributed by atoms with Crippen LogP contribution in [0.1, 0.15) is 32.8 Å². The van der Waals surface area contributed by atoms with E-state index in [1.54, 1.807) is 0 Å². The molecule has 1 atom stereocenters. The Morgan fingerprint density at radius 2 is 1.88 bits per heavy atom. The molecule has 1 aromatic heterocycles. The molecule has 2 aromatic carbocycles. The molecule has 6 heteroatoms. The van der Waals surface area contributed by atoms with Crippen LogP contribution in [0.25, 0.3) is 22.2 Å². The van der Waals surface area contributed by atoms with Crippen molar-refractivity contribution in [1.29, 1.82) is 0 Å². The minimum Gasteiger partial charge on any atom is -0.491 e. The molecule has 0 spiro atoms. The van der Waals surface area contributed by atoms with Crippen molar-refractivity contribution in [3.8, 4) is 17.0 Å². The van der Waals surface area contributed by atoms with Gasteiger partial charge in [-0.3, -0.25) is 0 Å². The first-order valence-corrected chi connectivity index (χ1v) is 15.1. The lowest BCUT2D eigenvalue weighted by Crippen LogP contribution is -2.46. The van der Waals surface area contributed by atoms with E-state index in [1.165, 1.54) is 17.7 Å². The summed E-state index contributed by atoms with van der Waals surface area (Å²) in [7, 11) is 0.0983. The highest BCUT2D eigenvalue weighted by Crippen LogP contribution is 2.37. The second kappa shape index (κ2) is 9.66. The van der Waals surface area contributed by atoms with Gasteiger partial charge < -0.3 is 14.1 Å². The molecule has 4 rings (SSSR count). The zero-order valence-corrected chi connectivity index (χ0v) is 22.3. The maximum absolute atomic E-state index is 13.7. The summed E-state index contributed by atoms with van der Waals surface area (Å²) < 4.78 is 25.8. The highest BCUT2D eigenvalue weighted by molar-refractivity contribution is 6.74. The van der Waals surface area contributed by atoms with E-state index in [0.717, 1.165) is 35.1 Å². The molecule has 0 saturated heterocycles. The molecular formula is C28H37FN2O2Si. The third-order valence-corrected chi connectivity index (χ3v) is 11.8. The van der Waals surface area contributed by atoms with Crippen molar-refractivity contribution in [3.63, 3.8) is 0 Å². The highest BCUT2D eigenvalue weighted by Gasteiger charge is 2.39. The van der Waals surface area contributed by atoms with Crippen LogP contribution in [-0.4, -0.2) is 46.3 Å². The molecule has 2 heterocycles. The van der Waals surface area contributed by atoms with Gasteiger partial charge in [0, 0.05) is 30.2 Å². The fraction of sp³-hybridized carbons (Fsp3) is 0.464. The number of pyridine rings is 1. The van der Waals surface area contributed by atoms with Crippen molar-refractivity contribution in [3.05, 3.63) is 54.1 Å². The lowest BCUT2D eigenvalue weighted by Gasteiger charge is -2.38. The Bertz CT molecular complexity index is 1160. The molecule has 3 aromatic rings. The number of ether oxygens (including phenoxy) is 1. The molecule has 0 amide bonds. The summed E-state index contributed by atoms with van der Waals surface area (Å²) in [5.41, 5.74) is 5.74. The van der Waals surface area contributed by atoms with Gasteiger partial charge in [0.1, 0.15) is 25.1 Å². The number of alkyl halides is 1. The Kier molecular flexibility index (Phi) is 7.01. The van der Waals surface area contributed by atoms with Crippen molar-refractivity contribution in [1.82, 2.24) is 4.98 Å². The first-order valence-electron chi connectivity index (χ1n) is 12.2. The monoisotopic (exact) mass is 480 g/mol. The SMILES string of the molecule is CN1CCCc2cc(-c3ccc4cc(OCC(CF)O[Si](C)(C)C(C)(C)C)ccc4n3)ccc21. The molecule has 1 unspecified atom stereocenters. The summed E-state index contributed by atoms with van der Waals surface area (Å²) in [6, 6.07) is 16.6. The van der Waals surface area contributed by atoms with E-state index in [1.807, 2.05) is 18.2 Å². The lowest BCUT2D eigenvalue weighted by atomic mass is 9.98. The molecule has 34 heavy (non-hydrogen) atoms. The summed E-state index contributed by atoms with van der Waals surface area (Å²) in [4.78, 5) is 7.22. The Balaban J connectivity index is 1.47. The molecule has 0 fully saturated rings. The Hall–Kier alpha value is -2.44. The van der Waals surface area contributed by atoms with E-state index in [-0.39, 0.29) is 11.6 Å². The molecule has 182 valence electrons. The van der Waals surface area contributed by atoms with Crippen molar-refractivity contribution in [2.24, 2.45) is 0 Å². The smallest absolute Gasteiger partial charge is 0.192 e. The number of aryl methyl sites for hydroxylation is 1. The van der Waals surface area contributed by atoms with E-state index >= 15 is 0 Å². The summed E-state index contributed by atoms with van der Waals surface area (Å²) in [6.07, 6.45) is 1.74. The van der Waals surface area contributed by atoms with Gasteiger partial charge in [0.25, 0.3) is 0 Å². The van der Waals surface area contributed by atoms with Crippen LogP contribution < -0.4 is 9.64 Å². The molecule has 0 bridgehead atoms. The largest absolute Gasteiger partial charge is 0.491 e. The van der Waals surface area contributed by atoms with Gasteiger partial charge in [-0.15, -0.1) is 0 Å². The van der Waals surface area contributed by atoms with Gasteiger partial charge in [-0.1, -0.05) is 32.9 Å². The zero-order valence-electron chi connectivity index (χ0n) is 21.3. The summed E-state index contributed by atoms with van der Waals surface area (Å²) >= 11 is 0. The highest BCUT2D eigenvalue weighted by atomic mass is 28.4. The van der Waals surface area contributed by atoms with Crippen LogP contribution in [-0.2, 0) is 10.8 Å². The molecular weight excluding hydrogens is 443 g/mol. The van der Waals surface area contributed by atoms with E-state index in [0.29, 0.717) is 5.75 Å². The topological polar surface area (TPSA) is 34.6 Å². The number of fused-ring (bicyclic) bond motifs is 2. The lowest BCUT2D eigenvalue weighted by molar-refractivity contribution is 0.0920. The van der Waals surface area contributed by atoms with Crippen LogP contribution in [0, 0.1) is 0 Å². The Morgan fingerprint density at radius 3 is 2.62 bits per heavy atom. The molecule has 1 aliphatic heterocycles. The average molecular weight is 481 g/mol. The number of aromatic nitrogens is 1. The third-order valence-electron chi connectivity index (χ3n) is 7.26. The van der Waals surface area contributed by atoms with Crippen LogP contribution in [0.15, 0.2) is 48.5 Å². The van der Waals surface area contributed by atoms with Crippen LogP contribution in [0.3, 0.4) is 0 Å².